The van der Waals surface area contributed by atoms with Gasteiger partial charge >= 0.3 is 5.97 Å². The summed E-state index contributed by atoms with van der Waals surface area (Å²) in [5, 5.41) is 20.2. The summed E-state index contributed by atoms with van der Waals surface area (Å²) >= 11 is 5.20. The molecule has 6 heteroatoms. The fourth-order valence-corrected chi connectivity index (χ4v) is 1.07. The van der Waals surface area contributed by atoms with E-state index < -0.39 is 24.0 Å². The van der Waals surface area contributed by atoms with Gasteiger partial charge < -0.3 is 15.5 Å². The molecule has 2 atom stereocenters. The smallest absolute Gasteiger partial charge is 0.328 e. The van der Waals surface area contributed by atoms with E-state index in [1.807, 2.05) is 6.92 Å². The van der Waals surface area contributed by atoms with Crippen molar-refractivity contribution in [1.82, 2.24) is 5.32 Å². The van der Waals surface area contributed by atoms with Gasteiger partial charge in [0, 0.05) is 0 Å². The maximum Gasteiger partial charge on any atom is 0.328 e. The summed E-state index contributed by atoms with van der Waals surface area (Å²) in [6.45, 7) is 1.81. The monoisotopic (exact) mass is 223 g/mol. The molecule has 0 heterocycles. The molecule has 0 aromatic heterocycles. The van der Waals surface area contributed by atoms with Gasteiger partial charge in [0.15, 0.2) is 6.04 Å². The third kappa shape index (κ3) is 4.43. The fourth-order valence-electron chi connectivity index (χ4n) is 0.997. The second-order valence-corrected chi connectivity index (χ2v) is 3.14. The Labute approximate surface area is 87.1 Å². The van der Waals surface area contributed by atoms with Gasteiger partial charge in [-0.15, -0.1) is 11.6 Å². The van der Waals surface area contributed by atoms with Crippen molar-refractivity contribution in [2.24, 2.45) is 0 Å². The molecule has 0 unspecified atom stereocenters. The zero-order valence-corrected chi connectivity index (χ0v) is 8.62. The number of rotatable bonds is 6. The molecule has 0 spiro atoms. The zero-order valence-electron chi connectivity index (χ0n) is 7.86. The maximum atomic E-state index is 10.8. The molecule has 0 saturated heterocycles. The van der Waals surface area contributed by atoms with Crippen LogP contribution in [0, 0.1) is 0 Å². The Morgan fingerprint density at radius 2 is 2.07 bits per heavy atom. The molecule has 82 valence electrons. The average Bonchev–Trinajstić information content (AvgIpc) is 2.13. The number of carboxylic acid groups (broad SMARTS) is 1. The SMILES string of the molecule is CCC[C@@H](O)[C@@H](NC(=O)CCl)C(=O)O. The minimum absolute atomic E-state index is 0.317. The van der Waals surface area contributed by atoms with Crippen molar-refractivity contribution >= 4 is 23.5 Å². The predicted octanol–water partition coefficient (Wildman–Crippen LogP) is -0.0444. The number of alkyl halides is 1. The summed E-state index contributed by atoms with van der Waals surface area (Å²) in [6.07, 6.45) is -0.119. The van der Waals surface area contributed by atoms with E-state index in [2.05, 4.69) is 5.32 Å². The van der Waals surface area contributed by atoms with Crippen LogP contribution >= 0.6 is 11.6 Å². The number of aliphatic carboxylic acids is 1. The summed E-state index contributed by atoms with van der Waals surface area (Å²) in [5.74, 6) is -2.18. The normalized spacial score (nSPS) is 14.5. The number of hydrogen-bond donors (Lipinski definition) is 3. The van der Waals surface area contributed by atoms with Crippen LogP contribution in [0.2, 0.25) is 0 Å². The zero-order chi connectivity index (χ0) is 11.1. The number of carbonyl (C=O) groups is 2. The fraction of sp³-hybridized carbons (Fsp3) is 0.750. The Kier molecular flexibility index (Phi) is 6.23. The van der Waals surface area contributed by atoms with Crippen LogP contribution in [0.15, 0.2) is 0 Å². The third-order valence-electron chi connectivity index (χ3n) is 1.67. The van der Waals surface area contributed by atoms with Gasteiger partial charge in [-0.25, -0.2) is 4.79 Å². The van der Waals surface area contributed by atoms with Crippen molar-refractivity contribution in [3.8, 4) is 0 Å². The molecular weight excluding hydrogens is 210 g/mol. The lowest BCUT2D eigenvalue weighted by molar-refractivity contribution is -0.144. The summed E-state index contributed by atoms with van der Waals surface area (Å²) in [6, 6.07) is -1.28. The molecule has 0 rings (SSSR count). The minimum Gasteiger partial charge on any atom is -0.480 e. The lowest BCUT2D eigenvalue weighted by atomic mass is 10.1. The largest absolute Gasteiger partial charge is 0.480 e. The molecule has 0 bridgehead atoms. The van der Waals surface area contributed by atoms with Gasteiger partial charge in [0.2, 0.25) is 5.91 Å². The van der Waals surface area contributed by atoms with Gasteiger partial charge in [-0.1, -0.05) is 13.3 Å². The van der Waals surface area contributed by atoms with Gasteiger partial charge in [0.1, 0.15) is 5.88 Å². The summed E-state index contributed by atoms with van der Waals surface area (Å²) in [7, 11) is 0. The van der Waals surface area contributed by atoms with Crippen LogP contribution in [0.5, 0.6) is 0 Å². The molecule has 3 N–H and O–H groups in total. The van der Waals surface area contributed by atoms with Crippen molar-refractivity contribution in [2.45, 2.75) is 31.9 Å². The molecule has 1 amide bonds. The molecule has 0 aliphatic carbocycles. The first kappa shape index (κ1) is 13.2. The molecular formula is C8H14ClNO4. The highest BCUT2D eigenvalue weighted by atomic mass is 35.5. The Hall–Kier alpha value is -0.810. The van der Waals surface area contributed by atoms with Crippen molar-refractivity contribution in [3.63, 3.8) is 0 Å². The van der Waals surface area contributed by atoms with Crippen LogP contribution in [0.4, 0.5) is 0 Å². The van der Waals surface area contributed by atoms with E-state index >= 15 is 0 Å². The lowest BCUT2D eigenvalue weighted by Gasteiger charge is -2.19. The number of aliphatic hydroxyl groups excluding tert-OH is 1. The van der Waals surface area contributed by atoms with Crippen LogP contribution in [0.25, 0.3) is 0 Å². The molecule has 0 saturated carbocycles. The van der Waals surface area contributed by atoms with E-state index in [9.17, 15) is 14.7 Å². The summed E-state index contributed by atoms with van der Waals surface area (Å²) in [4.78, 5) is 21.5. The first-order valence-corrected chi connectivity index (χ1v) is 4.82. The maximum absolute atomic E-state index is 10.8. The predicted molar refractivity (Wildman–Crippen MR) is 51.2 cm³/mol. The molecule has 0 fully saturated rings. The van der Waals surface area contributed by atoms with Crippen molar-refractivity contribution < 1.29 is 19.8 Å². The van der Waals surface area contributed by atoms with Crippen molar-refractivity contribution in [2.75, 3.05) is 5.88 Å². The van der Waals surface area contributed by atoms with E-state index in [1.54, 1.807) is 0 Å². The highest BCUT2D eigenvalue weighted by molar-refractivity contribution is 6.27. The highest BCUT2D eigenvalue weighted by Crippen LogP contribution is 2.02. The van der Waals surface area contributed by atoms with Crippen molar-refractivity contribution in [3.05, 3.63) is 0 Å². The van der Waals surface area contributed by atoms with Gasteiger partial charge in [-0.3, -0.25) is 4.79 Å². The van der Waals surface area contributed by atoms with Crippen LogP contribution in [0.1, 0.15) is 19.8 Å². The number of halogens is 1. The second-order valence-electron chi connectivity index (χ2n) is 2.87. The van der Waals surface area contributed by atoms with E-state index in [4.69, 9.17) is 16.7 Å². The molecule has 0 aliphatic heterocycles. The number of amides is 1. The Morgan fingerprint density at radius 1 is 1.50 bits per heavy atom. The van der Waals surface area contributed by atoms with Crippen LogP contribution < -0.4 is 5.32 Å². The molecule has 0 aliphatic rings. The van der Waals surface area contributed by atoms with Gasteiger partial charge in [0.25, 0.3) is 0 Å². The number of nitrogens with one attached hydrogen (secondary N) is 1. The number of carboxylic acids is 1. The lowest BCUT2D eigenvalue weighted by Crippen LogP contribution is -2.49. The van der Waals surface area contributed by atoms with Crippen LogP contribution in [-0.2, 0) is 9.59 Å². The topological polar surface area (TPSA) is 86.6 Å². The molecule has 0 radical (unpaired) electrons. The highest BCUT2D eigenvalue weighted by Gasteiger charge is 2.26. The molecule has 5 nitrogen and oxygen atoms in total. The Bertz CT molecular complexity index is 210. The van der Waals surface area contributed by atoms with Crippen LogP contribution in [0.3, 0.4) is 0 Å². The first-order valence-electron chi connectivity index (χ1n) is 4.29. The number of hydrogen-bond acceptors (Lipinski definition) is 3. The van der Waals surface area contributed by atoms with E-state index in [1.165, 1.54) is 0 Å². The average molecular weight is 224 g/mol. The van der Waals surface area contributed by atoms with Gasteiger partial charge in [0.05, 0.1) is 6.10 Å². The van der Waals surface area contributed by atoms with Crippen molar-refractivity contribution in [1.29, 1.82) is 0 Å². The van der Waals surface area contributed by atoms with Crippen LogP contribution in [-0.4, -0.2) is 40.1 Å². The van der Waals surface area contributed by atoms with Gasteiger partial charge in [-0.05, 0) is 6.42 Å². The Balaban J connectivity index is 4.28. The minimum atomic E-state index is -1.28. The second kappa shape index (κ2) is 6.62. The first-order chi connectivity index (χ1) is 6.52. The third-order valence-corrected chi connectivity index (χ3v) is 1.92. The summed E-state index contributed by atoms with van der Waals surface area (Å²) in [5.41, 5.74) is 0. The quantitative estimate of drug-likeness (QED) is 0.552. The molecule has 0 aromatic carbocycles. The number of carbonyl (C=O) groups excluding carboxylic acids is 1. The van der Waals surface area contributed by atoms with E-state index in [-0.39, 0.29) is 5.88 Å². The summed E-state index contributed by atoms with van der Waals surface area (Å²) < 4.78 is 0. The standard InChI is InChI=1S/C8H14ClNO4/c1-2-3-5(11)7(8(13)14)10-6(12)4-9/h5,7,11H,2-4H2,1H3,(H,10,12)(H,13,14)/t5-,7-/m1/s1. The Morgan fingerprint density at radius 3 is 2.43 bits per heavy atom. The van der Waals surface area contributed by atoms with E-state index in [0.29, 0.717) is 12.8 Å². The molecule has 14 heavy (non-hydrogen) atoms. The van der Waals surface area contributed by atoms with Gasteiger partial charge in [-0.2, -0.15) is 0 Å². The molecule has 0 aromatic rings. The number of aliphatic hydroxyl groups is 1. The van der Waals surface area contributed by atoms with E-state index in [0.717, 1.165) is 0 Å².